The summed E-state index contributed by atoms with van der Waals surface area (Å²) in [7, 11) is 3.23. The Bertz CT molecular complexity index is 2090. The van der Waals surface area contributed by atoms with Crippen molar-refractivity contribution >= 4 is 46.3 Å². The Kier molecular flexibility index (Phi) is 6.81. The minimum Gasteiger partial charge on any atom is -0.493 e. The first-order chi connectivity index (χ1) is 20.4. The molecule has 1 aliphatic carbocycles. The lowest BCUT2D eigenvalue weighted by Gasteiger charge is -2.31. The SMILES string of the molecule is COc1ccc([C@H]2C3=C(N=c4s/c(=C/c5ccc(-c6ccc(Cl)c(Cl)c6)o5)c(=O)n42)c2ccccc2CC3)cc1OC. The standard InChI is InChI=1S/C33H24Cl2N2O4S/c1-39-27-13-9-20(16-28(27)40-2)31-23-11-7-18-5-3-4-6-22(18)30(23)36-33-37(31)32(38)29(42-33)17-21-10-14-26(41-21)19-8-12-24(34)25(35)15-19/h3-6,8-10,12-17,31H,7,11H2,1-2H3/b29-17+/t31-/m0/s1. The number of methoxy groups -OCH3 is 2. The summed E-state index contributed by atoms with van der Waals surface area (Å²) in [4.78, 5) is 19.8. The first-order valence-electron chi connectivity index (χ1n) is 13.4. The van der Waals surface area contributed by atoms with Crippen molar-refractivity contribution in [1.29, 1.82) is 0 Å². The van der Waals surface area contributed by atoms with Gasteiger partial charge in [0, 0.05) is 17.2 Å². The lowest BCUT2D eigenvalue weighted by molar-refractivity contribution is 0.354. The van der Waals surface area contributed by atoms with Crippen molar-refractivity contribution in [1.82, 2.24) is 4.57 Å². The van der Waals surface area contributed by atoms with Gasteiger partial charge in [-0.15, -0.1) is 0 Å². The second-order valence-electron chi connectivity index (χ2n) is 10.1. The van der Waals surface area contributed by atoms with Crippen LogP contribution in [0, 0.1) is 0 Å². The van der Waals surface area contributed by atoms with Crippen LogP contribution in [-0.4, -0.2) is 18.8 Å². The molecule has 1 aliphatic heterocycles. The predicted octanol–water partition coefficient (Wildman–Crippen LogP) is 6.90. The third-order valence-electron chi connectivity index (χ3n) is 7.70. The molecule has 0 unspecified atom stereocenters. The highest BCUT2D eigenvalue weighted by molar-refractivity contribution is 7.07. The number of hydrogen-bond donors (Lipinski definition) is 0. The number of fused-ring (bicyclic) bond motifs is 3. The van der Waals surface area contributed by atoms with Crippen LogP contribution >= 0.6 is 34.5 Å². The molecule has 3 aromatic carbocycles. The molecule has 9 heteroatoms. The summed E-state index contributed by atoms with van der Waals surface area (Å²) in [6, 6.07) is 22.9. The monoisotopic (exact) mass is 614 g/mol. The summed E-state index contributed by atoms with van der Waals surface area (Å²) < 4.78 is 19.5. The quantitative estimate of drug-likeness (QED) is 0.216. The smallest absolute Gasteiger partial charge is 0.271 e. The number of furan rings is 1. The number of nitrogens with zero attached hydrogens (tertiary/aromatic N) is 2. The van der Waals surface area contributed by atoms with E-state index in [1.54, 1.807) is 37.0 Å². The maximum atomic E-state index is 14.1. The van der Waals surface area contributed by atoms with Crippen LogP contribution < -0.4 is 24.4 Å². The van der Waals surface area contributed by atoms with E-state index in [9.17, 15) is 4.79 Å². The molecule has 6 nitrogen and oxygen atoms in total. The molecule has 0 N–H and O–H groups in total. The molecule has 0 bridgehead atoms. The van der Waals surface area contributed by atoms with Gasteiger partial charge in [-0.2, -0.15) is 0 Å². The molecule has 0 amide bonds. The average Bonchev–Trinajstić information content (AvgIpc) is 3.61. The first-order valence-corrected chi connectivity index (χ1v) is 14.9. The van der Waals surface area contributed by atoms with Gasteiger partial charge in [-0.3, -0.25) is 9.36 Å². The molecule has 0 radical (unpaired) electrons. The summed E-state index contributed by atoms with van der Waals surface area (Å²) in [5.74, 6) is 2.42. The van der Waals surface area contributed by atoms with Gasteiger partial charge in [-0.1, -0.05) is 64.9 Å². The van der Waals surface area contributed by atoms with Gasteiger partial charge < -0.3 is 13.9 Å². The second-order valence-corrected chi connectivity index (χ2v) is 11.9. The summed E-state index contributed by atoms with van der Waals surface area (Å²) in [6.07, 6.45) is 3.44. The van der Waals surface area contributed by atoms with E-state index in [1.807, 2.05) is 42.5 Å². The largest absolute Gasteiger partial charge is 0.493 e. The van der Waals surface area contributed by atoms with Gasteiger partial charge in [0.15, 0.2) is 16.3 Å². The zero-order chi connectivity index (χ0) is 29.0. The number of hydrogen-bond acceptors (Lipinski definition) is 6. The van der Waals surface area contributed by atoms with E-state index in [-0.39, 0.29) is 11.6 Å². The summed E-state index contributed by atoms with van der Waals surface area (Å²) in [6.45, 7) is 0. The number of allylic oxidation sites excluding steroid dienone is 1. The Balaban J connectivity index is 1.40. The highest BCUT2D eigenvalue weighted by Crippen LogP contribution is 2.42. The molecule has 2 aliphatic rings. The zero-order valence-corrected chi connectivity index (χ0v) is 25.0. The molecule has 2 aromatic heterocycles. The number of thiazole rings is 1. The highest BCUT2D eigenvalue weighted by atomic mass is 35.5. The third kappa shape index (κ3) is 4.49. The lowest BCUT2D eigenvalue weighted by Crippen LogP contribution is -2.38. The number of aryl methyl sites for hydroxylation is 1. The molecule has 0 saturated carbocycles. The third-order valence-corrected chi connectivity index (χ3v) is 9.42. The van der Waals surface area contributed by atoms with Gasteiger partial charge >= 0.3 is 0 Å². The van der Waals surface area contributed by atoms with Gasteiger partial charge in [0.25, 0.3) is 5.56 Å². The first kappa shape index (κ1) is 26.8. The normalized spacial score (nSPS) is 16.0. The van der Waals surface area contributed by atoms with Gasteiger partial charge in [0.2, 0.25) is 0 Å². The predicted molar refractivity (Wildman–Crippen MR) is 166 cm³/mol. The molecule has 1 atom stereocenters. The molecule has 7 rings (SSSR count). The average molecular weight is 616 g/mol. The molecule has 210 valence electrons. The molecule has 5 aromatic rings. The van der Waals surface area contributed by atoms with Crippen LogP contribution in [0.15, 0.2) is 92.6 Å². The Labute approximate surface area is 255 Å². The van der Waals surface area contributed by atoms with Crippen LogP contribution in [0.5, 0.6) is 11.5 Å². The highest BCUT2D eigenvalue weighted by Gasteiger charge is 2.33. The van der Waals surface area contributed by atoms with Gasteiger partial charge in [-0.25, -0.2) is 4.99 Å². The van der Waals surface area contributed by atoms with Crippen molar-refractivity contribution in [3.8, 4) is 22.8 Å². The van der Waals surface area contributed by atoms with Crippen molar-refractivity contribution in [2.75, 3.05) is 14.2 Å². The number of ether oxygens (including phenoxy) is 2. The van der Waals surface area contributed by atoms with Crippen LogP contribution in [0.3, 0.4) is 0 Å². The van der Waals surface area contributed by atoms with Crippen molar-refractivity contribution in [2.24, 2.45) is 4.99 Å². The zero-order valence-electron chi connectivity index (χ0n) is 22.7. The van der Waals surface area contributed by atoms with E-state index in [4.69, 9.17) is 42.1 Å². The van der Waals surface area contributed by atoms with Crippen LogP contribution in [0.4, 0.5) is 0 Å². The van der Waals surface area contributed by atoms with Crippen LogP contribution in [0.25, 0.3) is 23.1 Å². The van der Waals surface area contributed by atoms with E-state index in [0.717, 1.165) is 40.8 Å². The molecule has 0 saturated heterocycles. The Hall–Kier alpha value is -4.04. The molecule has 3 heterocycles. The molecule has 42 heavy (non-hydrogen) atoms. The van der Waals surface area contributed by atoms with Gasteiger partial charge in [-0.05, 0) is 72.0 Å². The van der Waals surface area contributed by atoms with Crippen molar-refractivity contribution < 1.29 is 13.9 Å². The number of rotatable bonds is 5. The fourth-order valence-corrected chi connectivity index (χ4v) is 6.99. The van der Waals surface area contributed by atoms with Crippen molar-refractivity contribution in [3.05, 3.63) is 131 Å². The number of halogens is 2. The summed E-state index contributed by atoms with van der Waals surface area (Å²) in [5, 5.41) is 0.920. The lowest BCUT2D eigenvalue weighted by atomic mass is 9.83. The fraction of sp³-hybridized carbons (Fsp3) is 0.152. The van der Waals surface area contributed by atoms with E-state index in [1.165, 1.54) is 16.9 Å². The second kappa shape index (κ2) is 10.7. The molecular formula is C33H24Cl2N2O4S. The molecule has 0 spiro atoms. The summed E-state index contributed by atoms with van der Waals surface area (Å²) >= 11 is 13.6. The fourth-order valence-electron chi connectivity index (χ4n) is 5.71. The number of benzene rings is 3. The van der Waals surface area contributed by atoms with E-state index < -0.39 is 0 Å². The maximum Gasteiger partial charge on any atom is 0.271 e. The van der Waals surface area contributed by atoms with E-state index >= 15 is 0 Å². The minimum absolute atomic E-state index is 0.128. The van der Waals surface area contributed by atoms with Crippen molar-refractivity contribution in [3.63, 3.8) is 0 Å². The molecule has 0 fully saturated rings. The maximum absolute atomic E-state index is 14.1. The Morgan fingerprint density at radius 1 is 0.952 bits per heavy atom. The van der Waals surface area contributed by atoms with Crippen LogP contribution in [0.2, 0.25) is 10.0 Å². The van der Waals surface area contributed by atoms with Crippen LogP contribution in [0.1, 0.15) is 34.9 Å². The van der Waals surface area contributed by atoms with E-state index in [2.05, 4.69) is 18.2 Å². The van der Waals surface area contributed by atoms with Gasteiger partial charge in [0.1, 0.15) is 11.5 Å². The number of aromatic nitrogens is 1. The van der Waals surface area contributed by atoms with Crippen molar-refractivity contribution in [2.45, 2.75) is 18.9 Å². The Morgan fingerprint density at radius 2 is 1.79 bits per heavy atom. The van der Waals surface area contributed by atoms with Crippen LogP contribution in [-0.2, 0) is 6.42 Å². The molecular weight excluding hydrogens is 591 g/mol. The Morgan fingerprint density at radius 3 is 2.60 bits per heavy atom. The van der Waals surface area contributed by atoms with E-state index in [0.29, 0.717) is 42.4 Å². The summed E-state index contributed by atoms with van der Waals surface area (Å²) in [5.41, 5.74) is 6.02. The minimum atomic E-state index is -0.338. The van der Waals surface area contributed by atoms with Gasteiger partial charge in [0.05, 0.1) is 40.5 Å². The topological polar surface area (TPSA) is 66.0 Å².